The Bertz CT molecular complexity index is 639. The Morgan fingerprint density at radius 2 is 2.05 bits per heavy atom. The smallest absolute Gasteiger partial charge is 0.101 e. The molecule has 21 heavy (non-hydrogen) atoms. The molecular weight excluding hydrogens is 278 g/mol. The van der Waals surface area contributed by atoms with E-state index < -0.39 is 0 Å². The van der Waals surface area contributed by atoms with Crippen LogP contribution in [0.4, 0.5) is 0 Å². The molecule has 0 amide bonds. The van der Waals surface area contributed by atoms with Gasteiger partial charge in [-0.2, -0.15) is 5.26 Å². The highest BCUT2D eigenvalue weighted by atomic mass is 32.2. The van der Waals surface area contributed by atoms with Crippen molar-refractivity contribution in [1.82, 2.24) is 10.3 Å². The lowest BCUT2D eigenvalue weighted by Gasteiger charge is -2.20. The van der Waals surface area contributed by atoms with E-state index in [1.807, 2.05) is 30.3 Å². The van der Waals surface area contributed by atoms with E-state index in [2.05, 4.69) is 43.2 Å². The van der Waals surface area contributed by atoms with Crippen molar-refractivity contribution >= 4 is 11.8 Å². The molecule has 1 aromatic heterocycles. The van der Waals surface area contributed by atoms with Gasteiger partial charge >= 0.3 is 0 Å². The minimum absolute atomic E-state index is 0.0637. The quantitative estimate of drug-likeness (QED) is 0.927. The van der Waals surface area contributed by atoms with Gasteiger partial charge < -0.3 is 5.32 Å². The van der Waals surface area contributed by atoms with E-state index >= 15 is 0 Å². The Morgan fingerprint density at radius 3 is 2.67 bits per heavy atom. The van der Waals surface area contributed by atoms with Gasteiger partial charge in [-0.1, -0.05) is 23.9 Å². The molecule has 2 aromatic rings. The number of benzene rings is 1. The summed E-state index contributed by atoms with van der Waals surface area (Å²) >= 11 is 1.52. The molecule has 1 aromatic carbocycles. The molecule has 0 unspecified atom stereocenters. The van der Waals surface area contributed by atoms with Crippen molar-refractivity contribution in [1.29, 1.82) is 5.26 Å². The summed E-state index contributed by atoms with van der Waals surface area (Å²) in [5, 5.41) is 13.7. The van der Waals surface area contributed by atoms with E-state index in [9.17, 15) is 5.26 Å². The largest absolute Gasteiger partial charge is 0.308 e. The van der Waals surface area contributed by atoms with Gasteiger partial charge in [0.15, 0.2) is 0 Å². The van der Waals surface area contributed by atoms with Crippen LogP contribution in [-0.4, -0.2) is 10.5 Å². The minimum Gasteiger partial charge on any atom is -0.308 e. The third-order valence-electron chi connectivity index (χ3n) is 2.84. The Kier molecular flexibility index (Phi) is 5.00. The first-order valence-electron chi connectivity index (χ1n) is 6.85. The van der Waals surface area contributed by atoms with Gasteiger partial charge in [-0.25, -0.2) is 4.98 Å². The Morgan fingerprint density at radius 1 is 1.24 bits per heavy atom. The van der Waals surface area contributed by atoms with Gasteiger partial charge in [-0.3, -0.25) is 0 Å². The van der Waals surface area contributed by atoms with E-state index in [-0.39, 0.29) is 5.54 Å². The maximum Gasteiger partial charge on any atom is 0.101 e. The third kappa shape index (κ3) is 4.89. The fraction of sp³-hybridized carbons (Fsp3) is 0.294. The molecule has 2 rings (SSSR count). The van der Waals surface area contributed by atoms with Crippen molar-refractivity contribution in [3.63, 3.8) is 0 Å². The third-order valence-corrected chi connectivity index (χ3v) is 3.87. The average molecular weight is 297 g/mol. The van der Waals surface area contributed by atoms with Crippen molar-refractivity contribution in [3.05, 3.63) is 53.7 Å². The SMILES string of the molecule is CC(C)(C)NCc1ccc(Sc2ccccn2)c(C#N)c1. The zero-order chi connectivity index (χ0) is 15.3. The second-order valence-corrected chi connectivity index (χ2v) is 6.88. The molecule has 0 atom stereocenters. The molecule has 4 heteroatoms. The van der Waals surface area contributed by atoms with Gasteiger partial charge in [0.2, 0.25) is 0 Å². The van der Waals surface area contributed by atoms with Crippen LogP contribution in [0.2, 0.25) is 0 Å². The van der Waals surface area contributed by atoms with Crippen LogP contribution in [0, 0.1) is 11.3 Å². The van der Waals surface area contributed by atoms with Gasteiger partial charge in [0.25, 0.3) is 0 Å². The lowest BCUT2D eigenvalue weighted by molar-refractivity contribution is 0.424. The van der Waals surface area contributed by atoms with E-state index in [1.54, 1.807) is 6.20 Å². The van der Waals surface area contributed by atoms with E-state index in [4.69, 9.17) is 0 Å². The summed E-state index contributed by atoms with van der Waals surface area (Å²) in [6.07, 6.45) is 1.76. The number of nitrogens with one attached hydrogen (secondary N) is 1. The van der Waals surface area contributed by atoms with Crippen LogP contribution < -0.4 is 5.32 Å². The summed E-state index contributed by atoms with van der Waals surface area (Å²) in [5.41, 5.74) is 1.87. The van der Waals surface area contributed by atoms with Crippen LogP contribution in [0.25, 0.3) is 0 Å². The van der Waals surface area contributed by atoms with Crippen LogP contribution in [0.1, 0.15) is 31.9 Å². The summed E-state index contributed by atoms with van der Waals surface area (Å²) in [6.45, 7) is 7.14. The zero-order valence-electron chi connectivity index (χ0n) is 12.6. The summed E-state index contributed by atoms with van der Waals surface area (Å²) < 4.78 is 0. The average Bonchev–Trinajstić information content (AvgIpc) is 2.46. The van der Waals surface area contributed by atoms with Gasteiger partial charge in [0.1, 0.15) is 11.1 Å². The van der Waals surface area contributed by atoms with E-state index in [1.165, 1.54) is 11.8 Å². The number of hydrogen-bond acceptors (Lipinski definition) is 4. The Balaban J connectivity index is 2.15. The normalized spacial score (nSPS) is 11.1. The fourth-order valence-electron chi connectivity index (χ4n) is 1.75. The first kappa shape index (κ1) is 15.6. The molecule has 0 bridgehead atoms. The van der Waals surface area contributed by atoms with Crippen molar-refractivity contribution in [2.24, 2.45) is 0 Å². The molecular formula is C17H19N3S. The van der Waals surface area contributed by atoms with E-state index in [0.717, 1.165) is 22.0 Å². The molecule has 0 aliphatic heterocycles. The van der Waals surface area contributed by atoms with Crippen LogP contribution in [0.15, 0.2) is 52.5 Å². The number of hydrogen-bond donors (Lipinski definition) is 1. The van der Waals surface area contributed by atoms with Crippen molar-refractivity contribution in [2.75, 3.05) is 0 Å². The minimum atomic E-state index is 0.0637. The van der Waals surface area contributed by atoms with Crippen LogP contribution in [-0.2, 0) is 6.54 Å². The monoisotopic (exact) mass is 297 g/mol. The number of rotatable bonds is 4. The number of aromatic nitrogens is 1. The molecule has 0 saturated carbocycles. The summed E-state index contributed by atoms with van der Waals surface area (Å²) in [4.78, 5) is 5.22. The molecule has 0 aliphatic rings. The van der Waals surface area contributed by atoms with Gasteiger partial charge in [0.05, 0.1) is 5.56 Å². The van der Waals surface area contributed by atoms with Gasteiger partial charge in [0, 0.05) is 23.2 Å². The standard InChI is InChI=1S/C17H19N3S/c1-17(2,3)20-12-13-7-8-15(14(10-13)11-18)21-16-6-4-5-9-19-16/h4-10,20H,12H2,1-3H3. The molecule has 0 radical (unpaired) electrons. The molecule has 3 nitrogen and oxygen atoms in total. The first-order chi connectivity index (χ1) is 9.98. The second kappa shape index (κ2) is 6.75. The molecule has 0 spiro atoms. The number of nitriles is 1. The molecule has 108 valence electrons. The predicted molar refractivity (Wildman–Crippen MR) is 86.1 cm³/mol. The first-order valence-corrected chi connectivity index (χ1v) is 7.66. The summed E-state index contributed by atoms with van der Waals surface area (Å²) in [5.74, 6) is 0. The van der Waals surface area contributed by atoms with Gasteiger partial charge in [-0.15, -0.1) is 0 Å². The van der Waals surface area contributed by atoms with Crippen LogP contribution >= 0.6 is 11.8 Å². The highest BCUT2D eigenvalue weighted by Gasteiger charge is 2.10. The Hall–Kier alpha value is -1.83. The summed E-state index contributed by atoms with van der Waals surface area (Å²) in [7, 11) is 0. The molecule has 1 N–H and O–H groups in total. The van der Waals surface area contributed by atoms with Crippen molar-refractivity contribution < 1.29 is 0 Å². The maximum atomic E-state index is 9.34. The topological polar surface area (TPSA) is 48.7 Å². The van der Waals surface area contributed by atoms with Crippen molar-refractivity contribution in [2.45, 2.75) is 42.8 Å². The summed E-state index contributed by atoms with van der Waals surface area (Å²) in [6, 6.07) is 14.1. The van der Waals surface area contributed by atoms with E-state index in [0.29, 0.717) is 5.56 Å². The lowest BCUT2D eigenvalue weighted by Crippen LogP contribution is -2.35. The molecule has 0 saturated heterocycles. The Labute approximate surface area is 130 Å². The second-order valence-electron chi connectivity index (χ2n) is 5.82. The zero-order valence-corrected chi connectivity index (χ0v) is 13.4. The fourth-order valence-corrected chi connectivity index (χ4v) is 2.59. The lowest BCUT2D eigenvalue weighted by atomic mass is 10.1. The molecule has 0 aliphatic carbocycles. The predicted octanol–water partition coefficient (Wildman–Crippen LogP) is 3.99. The maximum absolute atomic E-state index is 9.34. The van der Waals surface area contributed by atoms with Gasteiger partial charge in [-0.05, 0) is 50.6 Å². The highest BCUT2D eigenvalue weighted by Crippen LogP contribution is 2.29. The van der Waals surface area contributed by atoms with Crippen LogP contribution in [0.3, 0.4) is 0 Å². The molecule has 1 heterocycles. The number of pyridine rings is 1. The van der Waals surface area contributed by atoms with Crippen molar-refractivity contribution in [3.8, 4) is 6.07 Å². The molecule has 0 fully saturated rings. The highest BCUT2D eigenvalue weighted by molar-refractivity contribution is 7.99. The van der Waals surface area contributed by atoms with Crippen LogP contribution in [0.5, 0.6) is 0 Å². The number of nitrogens with zero attached hydrogens (tertiary/aromatic N) is 2.